The minimum atomic E-state index is -4.38. The smallest absolute Gasteiger partial charge is 0.337 e. The Morgan fingerprint density at radius 2 is 1.61 bits per heavy atom. The highest BCUT2D eigenvalue weighted by Gasteiger charge is 2.18. The van der Waals surface area contributed by atoms with Gasteiger partial charge in [-0.3, -0.25) is 19.6 Å². The van der Waals surface area contributed by atoms with Crippen LogP contribution < -0.4 is 10.7 Å². The number of nitrogens with zero attached hydrogens (tertiary/aromatic N) is 1. The van der Waals surface area contributed by atoms with Crippen LogP contribution in [0.15, 0.2) is 58.5 Å². The van der Waals surface area contributed by atoms with Crippen molar-refractivity contribution in [2.24, 2.45) is 5.10 Å². The first-order valence-electron chi connectivity index (χ1n) is 7.65. The van der Waals surface area contributed by atoms with Crippen LogP contribution >= 0.6 is 0 Å². The van der Waals surface area contributed by atoms with Gasteiger partial charge in [0.2, 0.25) is 0 Å². The third-order valence-corrected chi connectivity index (χ3v) is 4.27. The Morgan fingerprint density at radius 3 is 2.14 bits per heavy atom. The molecule has 4 N–H and O–H groups in total. The Kier molecular flexibility index (Phi) is 6.23. The summed E-state index contributed by atoms with van der Waals surface area (Å²) in [6.45, 7) is 1.10. The average molecular weight is 405 g/mol. The number of hydrogen-bond donors (Lipinski definition) is 4. The summed E-state index contributed by atoms with van der Waals surface area (Å²) in [6.07, 6.45) is 0. The van der Waals surface area contributed by atoms with Gasteiger partial charge in [0.25, 0.3) is 16.0 Å². The topological polar surface area (TPSA) is 162 Å². The van der Waals surface area contributed by atoms with Gasteiger partial charge < -0.3 is 10.4 Å². The Balaban J connectivity index is 2.22. The van der Waals surface area contributed by atoms with E-state index in [0.29, 0.717) is 0 Å². The number of nitrogens with one attached hydrogen (secondary N) is 2. The molecule has 0 bridgehead atoms. The van der Waals surface area contributed by atoms with E-state index in [1.54, 1.807) is 6.07 Å². The van der Waals surface area contributed by atoms with Crippen LogP contribution in [0.3, 0.4) is 0 Å². The van der Waals surface area contributed by atoms with Gasteiger partial charge in [-0.05, 0) is 36.4 Å². The molecular weight excluding hydrogens is 390 g/mol. The zero-order valence-electron chi connectivity index (χ0n) is 14.4. The number of amides is 1. The number of rotatable bonds is 7. The molecule has 0 saturated carbocycles. The van der Waals surface area contributed by atoms with Crippen LogP contribution in [0, 0.1) is 0 Å². The van der Waals surface area contributed by atoms with E-state index in [4.69, 9.17) is 9.66 Å². The van der Waals surface area contributed by atoms with Crippen molar-refractivity contribution in [1.29, 1.82) is 0 Å². The summed E-state index contributed by atoms with van der Waals surface area (Å²) in [4.78, 5) is 34.8. The molecule has 0 unspecified atom stereocenters. The van der Waals surface area contributed by atoms with Crippen molar-refractivity contribution in [3.63, 3.8) is 0 Å². The summed E-state index contributed by atoms with van der Waals surface area (Å²) in [7, 11) is -4.38. The molecule has 0 aliphatic rings. The Labute approximate surface area is 159 Å². The molecule has 0 fully saturated rings. The predicted octanol–water partition coefficient (Wildman–Crippen LogP) is 1.63. The van der Waals surface area contributed by atoms with Crippen LogP contribution in [0.2, 0.25) is 0 Å². The van der Waals surface area contributed by atoms with E-state index in [0.717, 1.165) is 19.1 Å². The molecule has 0 atom stereocenters. The number of Topliss-reactive ketones (excluding diaryl/α,β-unsaturated/α-hetero) is 1. The van der Waals surface area contributed by atoms with E-state index >= 15 is 0 Å². The van der Waals surface area contributed by atoms with Crippen LogP contribution in [-0.4, -0.2) is 41.4 Å². The van der Waals surface area contributed by atoms with Gasteiger partial charge in [-0.15, -0.1) is 0 Å². The van der Waals surface area contributed by atoms with Gasteiger partial charge in [-0.1, -0.05) is 12.1 Å². The standard InChI is InChI=1S/C17H15N3O7S/c1-10(21)15(20-19-14-5-3-2-4-13(14)17(23)24)16(22)18-11-6-8-12(9-7-11)28(25,26)27/h2-9,19H,1H3,(H,18,22)(H,23,24)(H,25,26,27)/b20-15-. The third kappa shape index (κ3) is 5.22. The molecule has 2 aromatic rings. The number of aromatic carboxylic acids is 1. The Morgan fingerprint density at radius 1 is 1.00 bits per heavy atom. The van der Waals surface area contributed by atoms with Crippen LogP contribution in [0.5, 0.6) is 0 Å². The molecule has 2 aromatic carbocycles. The number of benzene rings is 2. The molecule has 0 heterocycles. The summed E-state index contributed by atoms with van der Waals surface area (Å²) in [6, 6.07) is 10.4. The van der Waals surface area contributed by atoms with Crippen LogP contribution in [0.1, 0.15) is 17.3 Å². The summed E-state index contributed by atoms with van der Waals surface area (Å²) in [5.74, 6) is -2.80. The molecule has 10 nitrogen and oxygen atoms in total. The lowest BCUT2D eigenvalue weighted by molar-refractivity contribution is -0.114. The molecule has 0 aliphatic carbocycles. The number of anilines is 2. The molecule has 0 aliphatic heterocycles. The lowest BCUT2D eigenvalue weighted by Crippen LogP contribution is -2.29. The molecule has 146 valence electrons. The average Bonchev–Trinajstić information content (AvgIpc) is 2.61. The summed E-state index contributed by atoms with van der Waals surface area (Å²) in [5.41, 5.74) is 1.99. The van der Waals surface area contributed by atoms with Gasteiger partial charge in [0.05, 0.1) is 16.1 Å². The van der Waals surface area contributed by atoms with Crippen molar-refractivity contribution in [3.8, 4) is 0 Å². The number of hydrazone groups is 1. The quantitative estimate of drug-likeness (QED) is 0.234. The zero-order chi connectivity index (χ0) is 20.9. The fourth-order valence-electron chi connectivity index (χ4n) is 2.07. The molecule has 28 heavy (non-hydrogen) atoms. The number of hydrogen-bond acceptors (Lipinski definition) is 7. The number of carbonyl (C=O) groups excluding carboxylic acids is 2. The van der Waals surface area contributed by atoms with E-state index < -0.39 is 33.5 Å². The highest BCUT2D eigenvalue weighted by atomic mass is 32.2. The maximum atomic E-state index is 12.3. The first-order valence-corrected chi connectivity index (χ1v) is 9.09. The second-order valence-electron chi connectivity index (χ2n) is 5.43. The number of carboxylic acid groups (broad SMARTS) is 1. The summed E-state index contributed by atoms with van der Waals surface area (Å²) in [5, 5.41) is 15.2. The van der Waals surface area contributed by atoms with Crippen LogP contribution in [-0.2, 0) is 19.7 Å². The lowest BCUT2D eigenvalue weighted by atomic mass is 10.2. The second-order valence-corrected chi connectivity index (χ2v) is 6.85. The first-order chi connectivity index (χ1) is 13.1. The summed E-state index contributed by atoms with van der Waals surface area (Å²) >= 11 is 0. The summed E-state index contributed by atoms with van der Waals surface area (Å²) < 4.78 is 31.0. The van der Waals surface area contributed by atoms with Gasteiger partial charge in [-0.25, -0.2) is 4.79 Å². The van der Waals surface area contributed by atoms with Crippen LogP contribution in [0.25, 0.3) is 0 Å². The Hall–Kier alpha value is -3.57. The SMILES string of the molecule is CC(=O)/C(=N/Nc1ccccc1C(=O)O)C(=O)Nc1ccc(S(=O)(=O)O)cc1. The van der Waals surface area contributed by atoms with E-state index in [-0.39, 0.29) is 21.8 Å². The first kappa shape index (κ1) is 20.7. The Bertz CT molecular complexity index is 1060. The fraction of sp³-hybridized carbons (Fsp3) is 0.0588. The maximum absolute atomic E-state index is 12.3. The monoisotopic (exact) mass is 405 g/mol. The van der Waals surface area contributed by atoms with E-state index in [9.17, 15) is 22.8 Å². The molecule has 0 aromatic heterocycles. The second kappa shape index (κ2) is 8.41. The largest absolute Gasteiger partial charge is 0.478 e. The highest BCUT2D eigenvalue weighted by Crippen LogP contribution is 2.16. The van der Waals surface area contributed by atoms with Crippen molar-refractivity contribution in [1.82, 2.24) is 0 Å². The zero-order valence-corrected chi connectivity index (χ0v) is 15.2. The molecule has 0 spiro atoms. The molecule has 0 radical (unpaired) electrons. The fourth-order valence-corrected chi connectivity index (χ4v) is 2.55. The van der Waals surface area contributed by atoms with Crippen LogP contribution in [0.4, 0.5) is 11.4 Å². The molecule has 0 saturated heterocycles. The van der Waals surface area contributed by atoms with E-state index in [1.807, 2.05) is 0 Å². The van der Waals surface area contributed by atoms with Gasteiger partial charge in [0.15, 0.2) is 11.5 Å². The number of ketones is 1. The lowest BCUT2D eigenvalue weighted by Gasteiger charge is -2.08. The number of para-hydroxylation sites is 1. The van der Waals surface area contributed by atoms with Gasteiger partial charge >= 0.3 is 5.97 Å². The molecular formula is C17H15N3O7S. The molecule has 11 heteroatoms. The molecule has 2 rings (SSSR count). The van der Waals surface area contributed by atoms with Gasteiger partial charge in [0.1, 0.15) is 0 Å². The van der Waals surface area contributed by atoms with Crippen molar-refractivity contribution in [3.05, 3.63) is 54.1 Å². The van der Waals surface area contributed by atoms with Gasteiger partial charge in [0, 0.05) is 12.6 Å². The van der Waals surface area contributed by atoms with Crippen molar-refractivity contribution in [2.75, 3.05) is 10.7 Å². The minimum absolute atomic E-state index is 0.0825. The van der Waals surface area contributed by atoms with Gasteiger partial charge in [-0.2, -0.15) is 13.5 Å². The number of carbonyl (C=O) groups is 3. The van der Waals surface area contributed by atoms with Crippen molar-refractivity contribution >= 4 is 44.9 Å². The maximum Gasteiger partial charge on any atom is 0.337 e. The van der Waals surface area contributed by atoms with E-state index in [2.05, 4.69) is 15.8 Å². The van der Waals surface area contributed by atoms with Crippen molar-refractivity contribution in [2.45, 2.75) is 11.8 Å². The van der Waals surface area contributed by atoms with E-state index in [1.165, 1.54) is 30.3 Å². The highest BCUT2D eigenvalue weighted by molar-refractivity contribution is 7.85. The predicted molar refractivity (Wildman–Crippen MR) is 100 cm³/mol. The third-order valence-electron chi connectivity index (χ3n) is 3.40. The normalized spacial score (nSPS) is 11.6. The molecule has 1 amide bonds. The van der Waals surface area contributed by atoms with Crippen molar-refractivity contribution < 1.29 is 32.5 Å². The minimum Gasteiger partial charge on any atom is -0.478 e. The number of carboxylic acids is 1.